The molecule has 2 aromatic carbocycles. The van der Waals surface area contributed by atoms with Crippen LogP contribution in [0.3, 0.4) is 0 Å². The summed E-state index contributed by atoms with van der Waals surface area (Å²) in [4.78, 5) is 4.94. The predicted molar refractivity (Wildman–Crippen MR) is 112 cm³/mol. The number of benzene rings is 2. The minimum Gasteiger partial charge on any atom is -0.391 e. The maximum atomic E-state index is 13.3. The second kappa shape index (κ2) is 9.14. The van der Waals surface area contributed by atoms with Gasteiger partial charge in [0.15, 0.2) is 0 Å². The number of quaternary nitrogens is 2. The van der Waals surface area contributed by atoms with Gasteiger partial charge in [0.1, 0.15) is 32.7 Å². The molecule has 0 spiro atoms. The van der Waals surface area contributed by atoms with Gasteiger partial charge in [-0.05, 0) is 41.0 Å². The molecule has 0 aliphatic carbocycles. The highest BCUT2D eigenvalue weighted by Gasteiger charge is 2.32. The molecule has 7 heteroatoms. The van der Waals surface area contributed by atoms with Gasteiger partial charge < -0.3 is 14.9 Å². The van der Waals surface area contributed by atoms with Crippen molar-refractivity contribution in [3.05, 3.63) is 65.2 Å². The van der Waals surface area contributed by atoms with Crippen molar-refractivity contribution < 1.29 is 28.1 Å². The number of aliphatic hydroxyl groups is 1. The van der Waals surface area contributed by atoms with Crippen molar-refractivity contribution in [2.45, 2.75) is 22.4 Å². The highest BCUT2D eigenvalue weighted by Crippen LogP contribution is 2.46. The Morgan fingerprint density at radius 3 is 2.27 bits per heavy atom. The maximum absolute atomic E-state index is 13.3. The van der Waals surface area contributed by atoms with Crippen molar-refractivity contribution in [3.63, 3.8) is 0 Å². The molecule has 3 N–H and O–H groups in total. The largest absolute Gasteiger partial charge is 0.416 e. The molecule has 0 radical (unpaired) electrons. The van der Waals surface area contributed by atoms with Crippen LogP contribution in [-0.2, 0) is 6.18 Å². The summed E-state index contributed by atoms with van der Waals surface area (Å²) in [6.45, 7) is 6.27. The zero-order valence-corrected chi connectivity index (χ0v) is 17.6. The third-order valence-electron chi connectivity index (χ3n) is 5.97. The minimum absolute atomic E-state index is 0.230. The highest BCUT2D eigenvalue weighted by atomic mass is 32.2. The number of hydrogen-bond donors (Lipinski definition) is 3. The van der Waals surface area contributed by atoms with Crippen molar-refractivity contribution >= 4 is 17.3 Å². The van der Waals surface area contributed by atoms with Crippen LogP contribution in [0.15, 0.2) is 58.3 Å². The van der Waals surface area contributed by atoms with Crippen LogP contribution in [0, 0.1) is 0 Å². The van der Waals surface area contributed by atoms with Gasteiger partial charge in [-0.3, -0.25) is 0 Å². The Bertz CT molecular complexity index is 921. The highest BCUT2D eigenvalue weighted by molar-refractivity contribution is 7.99. The molecular formula is C23H27F3N2OS+2. The van der Waals surface area contributed by atoms with Gasteiger partial charge >= 0.3 is 6.18 Å². The first-order valence-electron chi connectivity index (χ1n) is 10.4. The van der Waals surface area contributed by atoms with Gasteiger partial charge in [-0.2, -0.15) is 13.2 Å². The van der Waals surface area contributed by atoms with E-state index in [1.54, 1.807) is 6.07 Å². The molecule has 2 heterocycles. The van der Waals surface area contributed by atoms with Crippen LogP contribution < -0.4 is 9.80 Å². The lowest BCUT2D eigenvalue weighted by Gasteiger charge is -2.29. The number of rotatable bonds is 5. The molecule has 0 aromatic heterocycles. The van der Waals surface area contributed by atoms with Crippen molar-refractivity contribution in [2.75, 3.05) is 45.9 Å². The van der Waals surface area contributed by atoms with E-state index in [0.717, 1.165) is 66.6 Å². The summed E-state index contributed by atoms with van der Waals surface area (Å²) in [5, 5.41) is 9.09. The van der Waals surface area contributed by atoms with Crippen LogP contribution in [0.2, 0.25) is 0 Å². The first-order valence-corrected chi connectivity index (χ1v) is 11.2. The van der Waals surface area contributed by atoms with Gasteiger partial charge in [-0.1, -0.05) is 36.0 Å². The van der Waals surface area contributed by atoms with Gasteiger partial charge in [0.2, 0.25) is 0 Å². The Morgan fingerprint density at radius 2 is 1.57 bits per heavy atom. The molecule has 3 nitrogen and oxygen atoms in total. The van der Waals surface area contributed by atoms with Crippen molar-refractivity contribution in [1.82, 2.24) is 0 Å². The predicted octanol–water partition coefficient (Wildman–Crippen LogP) is 1.77. The molecule has 4 rings (SSSR count). The van der Waals surface area contributed by atoms with E-state index in [1.165, 1.54) is 33.7 Å². The Balaban J connectivity index is 1.55. The Labute approximate surface area is 179 Å². The standard InChI is InChI=1S/C23H25F3N2OS/c24-23(25,26)17-7-8-22-20(16-17)18(19-4-1-2-6-21(19)30-22)5-3-9-27-10-12-28(13-11-27)14-15-29/h1-2,4-8,16,29H,3,9-15H2/p+2/b18-5-. The molecule has 30 heavy (non-hydrogen) atoms. The molecule has 2 aromatic rings. The average molecular weight is 437 g/mol. The quantitative estimate of drug-likeness (QED) is 0.569. The lowest BCUT2D eigenvalue weighted by atomic mass is 9.94. The normalized spacial score (nSPS) is 22.6. The topological polar surface area (TPSA) is 29.1 Å². The zero-order chi connectivity index (χ0) is 21.1. The third-order valence-corrected chi connectivity index (χ3v) is 7.12. The monoisotopic (exact) mass is 436 g/mol. The van der Waals surface area contributed by atoms with Crippen molar-refractivity contribution in [3.8, 4) is 0 Å². The van der Waals surface area contributed by atoms with E-state index in [0.29, 0.717) is 5.56 Å². The van der Waals surface area contributed by atoms with Gasteiger partial charge in [-0.25, -0.2) is 0 Å². The van der Waals surface area contributed by atoms with Crippen LogP contribution in [0.1, 0.15) is 23.1 Å². The summed E-state index contributed by atoms with van der Waals surface area (Å²) in [5.41, 5.74) is 2.01. The first-order chi connectivity index (χ1) is 14.5. The Kier molecular flexibility index (Phi) is 6.53. The summed E-state index contributed by atoms with van der Waals surface area (Å²) >= 11 is 1.54. The van der Waals surface area contributed by atoms with Gasteiger partial charge in [-0.15, -0.1) is 0 Å². The van der Waals surface area contributed by atoms with E-state index >= 15 is 0 Å². The third kappa shape index (κ3) is 4.75. The fraction of sp³-hybridized carbons (Fsp3) is 0.391. The Hall–Kier alpha value is -1.80. The van der Waals surface area contributed by atoms with Crippen LogP contribution >= 0.6 is 11.8 Å². The molecule has 160 valence electrons. The lowest BCUT2D eigenvalue weighted by Crippen LogP contribution is -3.28. The first kappa shape index (κ1) is 21.4. The smallest absolute Gasteiger partial charge is 0.391 e. The zero-order valence-electron chi connectivity index (χ0n) is 16.8. The van der Waals surface area contributed by atoms with Gasteiger partial charge in [0.05, 0.1) is 18.7 Å². The molecule has 0 saturated carbocycles. The van der Waals surface area contributed by atoms with Crippen LogP contribution in [0.4, 0.5) is 13.2 Å². The number of aliphatic hydroxyl groups excluding tert-OH is 1. The second-order valence-electron chi connectivity index (χ2n) is 7.94. The summed E-state index contributed by atoms with van der Waals surface area (Å²) < 4.78 is 39.9. The van der Waals surface area contributed by atoms with E-state index in [2.05, 4.69) is 6.08 Å². The lowest BCUT2D eigenvalue weighted by molar-refractivity contribution is -1.01. The SMILES string of the molecule is OCC[NH+]1CC[NH+](CC/C=C2/c3ccccc3Sc3ccc(C(F)(F)F)cc32)CC1. The average Bonchev–Trinajstić information content (AvgIpc) is 2.73. The fourth-order valence-electron chi connectivity index (χ4n) is 4.30. The van der Waals surface area contributed by atoms with Crippen LogP contribution in [-0.4, -0.2) is 51.0 Å². The van der Waals surface area contributed by atoms with E-state index in [-0.39, 0.29) is 6.61 Å². The number of nitrogens with one attached hydrogen (secondary N) is 2. The number of hydrogen-bond acceptors (Lipinski definition) is 2. The van der Waals surface area contributed by atoms with Crippen LogP contribution in [0.5, 0.6) is 0 Å². The molecule has 0 bridgehead atoms. The molecule has 1 saturated heterocycles. The van der Waals surface area contributed by atoms with E-state index < -0.39 is 11.7 Å². The molecule has 2 aliphatic rings. The minimum atomic E-state index is -4.34. The molecular weight excluding hydrogens is 409 g/mol. The molecule has 1 fully saturated rings. The van der Waals surface area contributed by atoms with Gasteiger partial charge in [0.25, 0.3) is 0 Å². The van der Waals surface area contributed by atoms with E-state index in [9.17, 15) is 13.2 Å². The molecule has 2 aliphatic heterocycles. The summed E-state index contributed by atoms with van der Waals surface area (Å²) in [6.07, 6.45) is -1.39. The van der Waals surface area contributed by atoms with Crippen molar-refractivity contribution in [1.29, 1.82) is 0 Å². The van der Waals surface area contributed by atoms with E-state index in [1.807, 2.05) is 24.3 Å². The summed E-state index contributed by atoms with van der Waals surface area (Å²) in [5.74, 6) is 0. The number of halogens is 3. The second-order valence-corrected chi connectivity index (χ2v) is 9.02. The fourth-order valence-corrected chi connectivity index (χ4v) is 5.39. The summed E-state index contributed by atoms with van der Waals surface area (Å²) in [7, 11) is 0. The molecule has 0 atom stereocenters. The van der Waals surface area contributed by atoms with Crippen LogP contribution in [0.25, 0.3) is 5.57 Å². The number of alkyl halides is 3. The number of piperazine rings is 1. The van der Waals surface area contributed by atoms with Gasteiger partial charge in [0, 0.05) is 16.2 Å². The molecule has 0 amide bonds. The summed E-state index contributed by atoms with van der Waals surface area (Å²) in [6, 6.07) is 12.0. The maximum Gasteiger partial charge on any atom is 0.416 e. The number of fused-ring (bicyclic) bond motifs is 2. The van der Waals surface area contributed by atoms with E-state index in [4.69, 9.17) is 5.11 Å². The van der Waals surface area contributed by atoms with Crippen molar-refractivity contribution in [2.24, 2.45) is 0 Å². The Morgan fingerprint density at radius 1 is 0.900 bits per heavy atom. The molecule has 0 unspecified atom stereocenters.